The monoisotopic (exact) mass is 633 g/mol. The molecule has 0 heterocycles. The van der Waals surface area contributed by atoms with Crippen LogP contribution in [0.1, 0.15) is 46.4 Å². The van der Waals surface area contributed by atoms with Gasteiger partial charge in [-0.15, -0.1) is 0 Å². The van der Waals surface area contributed by atoms with Gasteiger partial charge in [-0.2, -0.15) is 0 Å². The Morgan fingerprint density at radius 1 is 0.756 bits per heavy atom. The molecule has 6 N–H and O–H groups in total. The number of rotatable bonds is 16. The molecular weight excluding hydrogens is 606 g/mol. The lowest BCUT2D eigenvalue weighted by atomic mass is 9.97. The molecule has 0 saturated heterocycles. The highest BCUT2D eigenvalue weighted by Gasteiger charge is 2.27. The lowest BCUT2D eigenvalue weighted by Gasteiger charge is -2.21. The summed E-state index contributed by atoms with van der Waals surface area (Å²) in [5, 5.41) is 34.0. The molecule has 3 amide bonds. The number of alkyl halides is 1. The van der Waals surface area contributed by atoms with Crippen molar-refractivity contribution in [3.8, 4) is 11.1 Å². The Morgan fingerprint density at radius 2 is 1.34 bits per heavy atom. The van der Waals surface area contributed by atoms with Gasteiger partial charge >= 0.3 is 17.9 Å². The van der Waals surface area contributed by atoms with Crippen molar-refractivity contribution in [2.45, 2.75) is 37.8 Å². The predicted octanol–water partition coefficient (Wildman–Crippen LogP) is 1.44. The summed E-state index contributed by atoms with van der Waals surface area (Å²) in [6.07, 6.45) is -1.90. The molecule has 0 aliphatic rings. The Hall–Kier alpha value is -4.59. The highest BCUT2D eigenvalue weighted by Crippen LogP contribution is 2.24. The number of halogens is 1. The molecule has 0 aromatic heterocycles. The first kappa shape index (κ1) is 32.6. The van der Waals surface area contributed by atoms with Gasteiger partial charge in [0.15, 0.2) is 5.78 Å². The van der Waals surface area contributed by atoms with Crippen LogP contribution in [0.5, 0.6) is 0 Å². The van der Waals surface area contributed by atoms with E-state index < -0.39 is 73.5 Å². The molecule has 2 aromatic rings. The molecular formula is C27H28BrN3O10. The van der Waals surface area contributed by atoms with Crippen molar-refractivity contribution in [2.75, 3.05) is 11.9 Å². The minimum atomic E-state index is -1.58. The molecule has 14 heteroatoms. The molecule has 0 aliphatic heterocycles. The number of nitrogens with one attached hydrogen (secondary N) is 3. The molecule has 2 aromatic carbocycles. The Morgan fingerprint density at radius 3 is 1.90 bits per heavy atom. The van der Waals surface area contributed by atoms with E-state index in [0.717, 1.165) is 0 Å². The third-order valence-corrected chi connectivity index (χ3v) is 6.29. The highest BCUT2D eigenvalue weighted by atomic mass is 79.9. The number of benzene rings is 2. The van der Waals surface area contributed by atoms with E-state index in [-0.39, 0.29) is 23.1 Å². The fourth-order valence-electron chi connectivity index (χ4n) is 3.68. The van der Waals surface area contributed by atoms with E-state index in [0.29, 0.717) is 16.7 Å². The Bertz CT molecular complexity index is 1310. The van der Waals surface area contributed by atoms with Gasteiger partial charge in [0.25, 0.3) is 5.91 Å². The van der Waals surface area contributed by atoms with Gasteiger partial charge in [0, 0.05) is 24.0 Å². The molecule has 0 radical (unpaired) electrons. The fourth-order valence-corrected chi connectivity index (χ4v) is 4.00. The number of carbonyl (C=O) groups excluding carboxylic acids is 4. The molecule has 0 aliphatic carbocycles. The van der Waals surface area contributed by atoms with Gasteiger partial charge in [-0.1, -0.05) is 58.4 Å². The zero-order chi connectivity index (χ0) is 30.5. The Kier molecular flexibility index (Phi) is 12.6. The van der Waals surface area contributed by atoms with Crippen molar-refractivity contribution in [1.29, 1.82) is 0 Å². The molecule has 0 spiro atoms. The molecule has 2 unspecified atom stereocenters. The third-order valence-electron chi connectivity index (χ3n) is 5.78. The van der Waals surface area contributed by atoms with E-state index in [1.54, 1.807) is 42.5 Å². The van der Waals surface area contributed by atoms with Crippen LogP contribution in [0.25, 0.3) is 11.1 Å². The summed E-state index contributed by atoms with van der Waals surface area (Å²) in [4.78, 5) is 83.2. The zero-order valence-electron chi connectivity index (χ0n) is 21.6. The third kappa shape index (κ3) is 10.5. The van der Waals surface area contributed by atoms with Crippen LogP contribution in [0.2, 0.25) is 0 Å². The van der Waals surface area contributed by atoms with Crippen molar-refractivity contribution in [1.82, 2.24) is 16.0 Å². The van der Waals surface area contributed by atoms with E-state index >= 15 is 0 Å². The van der Waals surface area contributed by atoms with Crippen molar-refractivity contribution in [3.63, 3.8) is 0 Å². The summed E-state index contributed by atoms with van der Waals surface area (Å²) < 4.78 is 0. The molecule has 2 atom stereocenters. The lowest BCUT2D eigenvalue weighted by Crippen LogP contribution is -2.53. The van der Waals surface area contributed by atoms with E-state index in [1.807, 2.05) is 0 Å². The van der Waals surface area contributed by atoms with Crippen molar-refractivity contribution >= 4 is 57.3 Å². The maximum absolute atomic E-state index is 12.9. The van der Waals surface area contributed by atoms with Gasteiger partial charge in [0.2, 0.25) is 11.8 Å². The quantitative estimate of drug-likeness (QED) is 0.115. The second kappa shape index (κ2) is 15.9. The maximum Gasteiger partial charge on any atom is 0.326 e. The second-order valence-electron chi connectivity index (χ2n) is 8.75. The predicted molar refractivity (Wildman–Crippen MR) is 148 cm³/mol. The summed E-state index contributed by atoms with van der Waals surface area (Å²) in [6, 6.07) is 10.1. The van der Waals surface area contributed by atoms with Gasteiger partial charge in [-0.05, 0) is 30.0 Å². The van der Waals surface area contributed by atoms with Crippen LogP contribution in [0, 0.1) is 0 Å². The zero-order valence-corrected chi connectivity index (χ0v) is 23.2. The van der Waals surface area contributed by atoms with Crippen LogP contribution in [-0.4, -0.2) is 80.7 Å². The van der Waals surface area contributed by atoms with Crippen LogP contribution in [-0.2, 0) is 24.0 Å². The smallest absolute Gasteiger partial charge is 0.326 e. The Balaban J connectivity index is 2.09. The summed E-state index contributed by atoms with van der Waals surface area (Å²) >= 11 is 3.11. The normalized spacial score (nSPS) is 11.9. The number of carboxylic acid groups (broad SMARTS) is 3. The standard InChI is InChI=1S/C27H28BrN3O10/c28-13-21(32)16-7-5-15(6-8-16)17-3-1-2-4-18(17)25(38)29-14-22(33)30-19(9-11-23(34)35)26(39)31-20(27(40)41)10-12-24(36)37/h1-8,19-20H,9-14H2,(H,29,38)(H,30,33)(H,31,39)(H,34,35)(H,36,37)(H,40,41). The number of hydrogen-bond acceptors (Lipinski definition) is 7. The molecule has 0 fully saturated rings. The molecule has 218 valence electrons. The summed E-state index contributed by atoms with van der Waals surface area (Å²) in [5.74, 6) is -6.65. The van der Waals surface area contributed by atoms with E-state index in [2.05, 4.69) is 31.9 Å². The first-order chi connectivity index (χ1) is 19.4. The van der Waals surface area contributed by atoms with Gasteiger partial charge in [0.05, 0.1) is 11.9 Å². The van der Waals surface area contributed by atoms with E-state index in [4.69, 9.17) is 10.2 Å². The largest absolute Gasteiger partial charge is 0.481 e. The van der Waals surface area contributed by atoms with E-state index in [9.17, 15) is 38.7 Å². The van der Waals surface area contributed by atoms with Crippen LogP contribution < -0.4 is 16.0 Å². The maximum atomic E-state index is 12.9. The van der Waals surface area contributed by atoms with Crippen LogP contribution in [0.4, 0.5) is 0 Å². The van der Waals surface area contributed by atoms with Gasteiger partial charge in [0.1, 0.15) is 12.1 Å². The lowest BCUT2D eigenvalue weighted by molar-refractivity contribution is -0.144. The first-order valence-corrected chi connectivity index (χ1v) is 13.4. The number of ketones is 1. The second-order valence-corrected chi connectivity index (χ2v) is 9.31. The number of aliphatic carboxylic acids is 3. The van der Waals surface area contributed by atoms with E-state index in [1.165, 1.54) is 6.07 Å². The number of carboxylic acids is 3. The highest BCUT2D eigenvalue weighted by molar-refractivity contribution is 9.09. The summed E-state index contributed by atoms with van der Waals surface area (Å²) in [5.41, 5.74) is 1.89. The van der Waals surface area contributed by atoms with Crippen molar-refractivity contribution < 1.29 is 48.9 Å². The molecule has 2 rings (SSSR count). The SMILES string of the molecule is O=C(O)CCC(NC(=O)C(CCC(=O)O)NC(=O)CNC(=O)c1ccccc1-c1ccc(C(=O)CBr)cc1)C(=O)O. The average Bonchev–Trinajstić information content (AvgIpc) is 2.95. The minimum absolute atomic E-state index is 0.109. The van der Waals surface area contributed by atoms with Crippen LogP contribution in [0.3, 0.4) is 0 Å². The number of hydrogen-bond donors (Lipinski definition) is 6. The number of amides is 3. The molecule has 0 saturated carbocycles. The molecule has 0 bridgehead atoms. The number of carbonyl (C=O) groups is 7. The Labute approximate surface area is 242 Å². The van der Waals surface area contributed by atoms with Crippen LogP contribution >= 0.6 is 15.9 Å². The van der Waals surface area contributed by atoms with Gasteiger partial charge in [-0.25, -0.2) is 4.79 Å². The molecule has 13 nitrogen and oxygen atoms in total. The minimum Gasteiger partial charge on any atom is -0.481 e. The molecule has 41 heavy (non-hydrogen) atoms. The van der Waals surface area contributed by atoms with Crippen LogP contribution in [0.15, 0.2) is 48.5 Å². The van der Waals surface area contributed by atoms with Gasteiger partial charge in [-0.3, -0.25) is 28.8 Å². The van der Waals surface area contributed by atoms with Crippen molar-refractivity contribution in [3.05, 3.63) is 59.7 Å². The fraction of sp³-hybridized carbons (Fsp3) is 0.296. The number of Topliss-reactive ketones (excluding diaryl/α,β-unsaturated/α-hetero) is 1. The van der Waals surface area contributed by atoms with Gasteiger partial charge < -0.3 is 31.3 Å². The summed E-state index contributed by atoms with van der Waals surface area (Å²) in [7, 11) is 0. The topological polar surface area (TPSA) is 216 Å². The van der Waals surface area contributed by atoms with Crippen molar-refractivity contribution in [2.24, 2.45) is 0 Å². The summed E-state index contributed by atoms with van der Waals surface area (Å²) in [6.45, 7) is -0.593. The average molecular weight is 634 g/mol. The first-order valence-electron chi connectivity index (χ1n) is 12.3.